The first kappa shape index (κ1) is 14.2. The van der Waals surface area contributed by atoms with Crippen LogP contribution in [0.15, 0.2) is 0 Å². The van der Waals surface area contributed by atoms with Gasteiger partial charge in [0.1, 0.15) is 0 Å². The van der Waals surface area contributed by atoms with Crippen LogP contribution in [0.25, 0.3) is 0 Å². The van der Waals surface area contributed by atoms with Gasteiger partial charge in [-0.15, -0.1) is 0 Å². The molecule has 0 aromatic carbocycles. The van der Waals surface area contributed by atoms with E-state index in [2.05, 4.69) is 53.0 Å². The lowest BCUT2D eigenvalue weighted by Gasteiger charge is -2.37. The van der Waals surface area contributed by atoms with Crippen molar-refractivity contribution in [3.05, 3.63) is 0 Å². The summed E-state index contributed by atoms with van der Waals surface area (Å²) in [5.74, 6) is 0.698. The van der Waals surface area contributed by atoms with E-state index >= 15 is 0 Å². The molecule has 0 aromatic heterocycles. The van der Waals surface area contributed by atoms with Crippen molar-refractivity contribution in [1.82, 2.24) is 5.32 Å². The van der Waals surface area contributed by atoms with Crippen LogP contribution < -0.4 is 5.32 Å². The standard InChI is InChI=1S/C13H29NOSi/c1-12(2,3)16(6,7)15-10-11-8-13(4,5)14-9-11/h11,14H,8-10H2,1-7H3. The monoisotopic (exact) mass is 243 g/mol. The Hall–Kier alpha value is 0.137. The van der Waals surface area contributed by atoms with Crippen molar-refractivity contribution in [2.45, 2.75) is 64.7 Å². The largest absolute Gasteiger partial charge is 0.416 e. The van der Waals surface area contributed by atoms with Crippen LogP contribution >= 0.6 is 0 Å². The van der Waals surface area contributed by atoms with Gasteiger partial charge in [0.15, 0.2) is 8.32 Å². The minimum atomic E-state index is -1.55. The second-order valence-electron chi connectivity index (χ2n) is 7.41. The Morgan fingerprint density at radius 1 is 1.31 bits per heavy atom. The van der Waals surface area contributed by atoms with E-state index in [1.54, 1.807) is 0 Å². The minimum Gasteiger partial charge on any atom is -0.416 e. The Morgan fingerprint density at radius 2 is 1.88 bits per heavy atom. The quantitative estimate of drug-likeness (QED) is 0.767. The third kappa shape index (κ3) is 3.57. The van der Waals surface area contributed by atoms with E-state index in [4.69, 9.17) is 4.43 Å². The molecular weight excluding hydrogens is 214 g/mol. The highest BCUT2D eigenvalue weighted by atomic mass is 28.4. The van der Waals surface area contributed by atoms with Crippen LogP contribution in [-0.4, -0.2) is 27.0 Å². The van der Waals surface area contributed by atoms with E-state index in [1.807, 2.05) is 0 Å². The van der Waals surface area contributed by atoms with E-state index in [-0.39, 0.29) is 0 Å². The normalized spacial score (nSPS) is 26.1. The van der Waals surface area contributed by atoms with Gasteiger partial charge >= 0.3 is 0 Å². The first-order chi connectivity index (χ1) is 7.04. The number of nitrogens with one attached hydrogen (secondary N) is 1. The molecule has 0 radical (unpaired) electrons. The fraction of sp³-hybridized carbons (Fsp3) is 1.00. The van der Waals surface area contributed by atoms with Crippen LogP contribution in [0.1, 0.15) is 41.0 Å². The zero-order chi connectivity index (χ0) is 12.6. The predicted octanol–water partition coefficient (Wildman–Crippen LogP) is 3.40. The molecule has 0 aliphatic carbocycles. The van der Waals surface area contributed by atoms with Gasteiger partial charge in [-0.05, 0) is 44.3 Å². The van der Waals surface area contributed by atoms with Crippen molar-refractivity contribution < 1.29 is 4.43 Å². The molecule has 1 fully saturated rings. The van der Waals surface area contributed by atoms with Crippen molar-refractivity contribution >= 4 is 8.32 Å². The van der Waals surface area contributed by atoms with E-state index in [1.165, 1.54) is 6.42 Å². The topological polar surface area (TPSA) is 21.3 Å². The van der Waals surface area contributed by atoms with E-state index in [0.29, 0.717) is 16.5 Å². The molecule has 1 heterocycles. The molecule has 0 bridgehead atoms. The lowest BCUT2D eigenvalue weighted by atomic mass is 9.98. The summed E-state index contributed by atoms with van der Waals surface area (Å²) in [5.41, 5.74) is 0.307. The van der Waals surface area contributed by atoms with Crippen LogP contribution in [0.3, 0.4) is 0 Å². The number of rotatable bonds is 3. The van der Waals surface area contributed by atoms with Crippen molar-refractivity contribution in [1.29, 1.82) is 0 Å². The van der Waals surface area contributed by atoms with Gasteiger partial charge in [-0.25, -0.2) is 0 Å². The first-order valence-electron chi connectivity index (χ1n) is 6.42. The molecule has 1 rings (SSSR count). The summed E-state index contributed by atoms with van der Waals surface area (Å²) in [6.07, 6.45) is 1.24. The first-order valence-corrected chi connectivity index (χ1v) is 9.33. The van der Waals surface area contributed by atoms with Crippen molar-refractivity contribution in [3.63, 3.8) is 0 Å². The fourth-order valence-corrected chi connectivity index (χ4v) is 3.03. The molecule has 0 amide bonds. The second-order valence-corrected chi connectivity index (χ2v) is 12.2. The van der Waals surface area contributed by atoms with Gasteiger partial charge in [0.2, 0.25) is 0 Å². The molecule has 0 saturated carbocycles. The summed E-state index contributed by atoms with van der Waals surface area (Å²) in [4.78, 5) is 0. The Bertz CT molecular complexity index is 243. The highest BCUT2D eigenvalue weighted by molar-refractivity contribution is 6.74. The van der Waals surface area contributed by atoms with E-state index in [9.17, 15) is 0 Å². The van der Waals surface area contributed by atoms with Gasteiger partial charge in [0, 0.05) is 18.7 Å². The lowest BCUT2D eigenvalue weighted by molar-refractivity contribution is 0.232. The summed E-state index contributed by atoms with van der Waals surface area (Å²) in [6, 6.07) is 0. The maximum atomic E-state index is 6.27. The second kappa shape index (κ2) is 4.43. The van der Waals surface area contributed by atoms with Crippen LogP contribution in [0.5, 0.6) is 0 Å². The summed E-state index contributed by atoms with van der Waals surface area (Å²) in [7, 11) is -1.55. The fourth-order valence-electron chi connectivity index (χ4n) is 1.95. The Kier molecular flexibility index (Phi) is 3.93. The van der Waals surface area contributed by atoms with Gasteiger partial charge in [-0.2, -0.15) is 0 Å². The molecule has 1 unspecified atom stereocenters. The minimum absolute atomic E-state index is 0.307. The molecule has 1 aliphatic heterocycles. The van der Waals surface area contributed by atoms with Crippen LogP contribution in [-0.2, 0) is 4.43 Å². The summed E-state index contributed by atoms with van der Waals surface area (Å²) < 4.78 is 6.27. The van der Waals surface area contributed by atoms with Crippen molar-refractivity contribution in [2.75, 3.05) is 13.2 Å². The molecule has 1 N–H and O–H groups in total. The van der Waals surface area contributed by atoms with Crippen molar-refractivity contribution in [3.8, 4) is 0 Å². The number of hydrogen-bond donors (Lipinski definition) is 1. The van der Waals surface area contributed by atoms with Gasteiger partial charge in [-0.3, -0.25) is 0 Å². The van der Waals surface area contributed by atoms with Crippen LogP contribution in [0, 0.1) is 5.92 Å². The van der Waals surface area contributed by atoms with Gasteiger partial charge in [-0.1, -0.05) is 20.8 Å². The average Bonchev–Trinajstić information content (AvgIpc) is 2.40. The molecule has 2 nitrogen and oxygen atoms in total. The molecule has 16 heavy (non-hydrogen) atoms. The third-order valence-electron chi connectivity index (χ3n) is 4.15. The van der Waals surface area contributed by atoms with Crippen LogP contribution in [0.2, 0.25) is 18.1 Å². The molecule has 0 spiro atoms. The maximum absolute atomic E-state index is 6.27. The SMILES string of the molecule is CC1(C)CC(CO[Si](C)(C)C(C)(C)C)CN1. The van der Waals surface area contributed by atoms with Gasteiger partial charge < -0.3 is 9.74 Å². The highest BCUT2D eigenvalue weighted by Crippen LogP contribution is 2.37. The van der Waals surface area contributed by atoms with Crippen molar-refractivity contribution in [2.24, 2.45) is 5.92 Å². The van der Waals surface area contributed by atoms with E-state index < -0.39 is 8.32 Å². The molecular formula is C13H29NOSi. The molecule has 0 aromatic rings. The average molecular weight is 243 g/mol. The number of hydrogen-bond acceptors (Lipinski definition) is 2. The van der Waals surface area contributed by atoms with E-state index in [0.717, 1.165) is 13.2 Å². The summed E-state index contributed by atoms with van der Waals surface area (Å²) in [6.45, 7) is 18.2. The Morgan fingerprint density at radius 3 is 2.25 bits per heavy atom. The highest BCUT2D eigenvalue weighted by Gasteiger charge is 2.39. The molecule has 3 heteroatoms. The maximum Gasteiger partial charge on any atom is 0.191 e. The Labute approximate surface area is 102 Å². The molecule has 96 valence electrons. The predicted molar refractivity (Wildman–Crippen MR) is 73.3 cm³/mol. The third-order valence-corrected chi connectivity index (χ3v) is 8.66. The zero-order valence-corrected chi connectivity index (χ0v) is 13.1. The zero-order valence-electron chi connectivity index (χ0n) is 12.1. The Balaban J connectivity index is 2.42. The van der Waals surface area contributed by atoms with Crippen LogP contribution in [0.4, 0.5) is 0 Å². The summed E-state index contributed by atoms with van der Waals surface area (Å²) in [5, 5.41) is 3.88. The molecule has 1 atom stereocenters. The molecule has 1 aliphatic rings. The molecule has 1 saturated heterocycles. The van der Waals surface area contributed by atoms with Gasteiger partial charge in [0.25, 0.3) is 0 Å². The smallest absolute Gasteiger partial charge is 0.191 e. The van der Waals surface area contributed by atoms with Gasteiger partial charge in [0.05, 0.1) is 0 Å². The lowest BCUT2D eigenvalue weighted by Crippen LogP contribution is -2.42. The summed E-state index contributed by atoms with van der Waals surface area (Å²) >= 11 is 0.